The minimum atomic E-state index is -1.54. The van der Waals surface area contributed by atoms with Crippen molar-refractivity contribution in [2.75, 3.05) is 13.2 Å². The Balaban J connectivity index is 1.43. The lowest BCUT2D eigenvalue weighted by Gasteiger charge is -2.58. The first-order chi connectivity index (χ1) is 21.0. The number of carbonyl (C=O) groups is 3. The van der Waals surface area contributed by atoms with Gasteiger partial charge in [-0.05, 0) is 45.8 Å². The summed E-state index contributed by atoms with van der Waals surface area (Å²) >= 11 is 0. The van der Waals surface area contributed by atoms with Gasteiger partial charge >= 0.3 is 5.97 Å². The van der Waals surface area contributed by atoms with Crippen LogP contribution in [0.3, 0.4) is 0 Å². The summed E-state index contributed by atoms with van der Waals surface area (Å²) in [5.41, 5.74) is 0.340. The maximum atomic E-state index is 14.4. The van der Waals surface area contributed by atoms with Gasteiger partial charge < -0.3 is 24.4 Å². The van der Waals surface area contributed by atoms with Crippen LogP contribution in [-0.2, 0) is 25.5 Å². The number of aromatic hydroxyl groups is 2. The van der Waals surface area contributed by atoms with Crippen LogP contribution in [0.4, 0.5) is 0 Å². The molecule has 228 valence electrons. The fourth-order valence-electron chi connectivity index (χ4n) is 7.16. The molecule has 2 aliphatic heterocycles. The molecule has 8 nitrogen and oxygen atoms in total. The molecular weight excluding hydrogens is 560 g/mol. The maximum absolute atomic E-state index is 14.4. The molecule has 1 saturated carbocycles. The molecule has 5 aliphatic rings. The summed E-state index contributed by atoms with van der Waals surface area (Å²) in [6.45, 7) is 7.70. The third kappa shape index (κ3) is 4.42. The Bertz CT molecular complexity index is 1670. The van der Waals surface area contributed by atoms with E-state index in [1.165, 1.54) is 6.08 Å². The Morgan fingerprint density at radius 2 is 1.77 bits per heavy atom. The fraction of sp³-hybridized carbons (Fsp3) is 0.361. The molecule has 44 heavy (non-hydrogen) atoms. The quantitative estimate of drug-likeness (QED) is 0.227. The minimum Gasteiger partial charge on any atom is -0.507 e. The Morgan fingerprint density at radius 3 is 2.48 bits per heavy atom. The standard InChI is InChI=1S/C36H36O8/c1-20(2)10-12-23-28(37)17-29(38)31-32(40)26-16-24-25(18-42-30(39)13-11-22-8-6-5-7-9-22)27-19-43-35(34(24)41,15-14-21(3)4)36(26,27)44-33(23)31/h5-11,13-14,16-17,24-25,27,37-38H,12,15,18-19H2,1-4H3/b13-11+/t24-,25+,27-,35+,36-/m1/s1. The summed E-state index contributed by atoms with van der Waals surface area (Å²) in [5.74, 6) is -3.59. The summed E-state index contributed by atoms with van der Waals surface area (Å²) in [6, 6.07) is 10.5. The number of phenols is 2. The van der Waals surface area contributed by atoms with Crippen molar-refractivity contribution in [3.05, 3.63) is 94.1 Å². The van der Waals surface area contributed by atoms with Crippen molar-refractivity contribution in [2.24, 2.45) is 17.8 Å². The van der Waals surface area contributed by atoms with Gasteiger partial charge in [-0.3, -0.25) is 9.59 Å². The van der Waals surface area contributed by atoms with E-state index in [4.69, 9.17) is 14.2 Å². The monoisotopic (exact) mass is 596 g/mol. The predicted molar refractivity (Wildman–Crippen MR) is 163 cm³/mol. The largest absolute Gasteiger partial charge is 0.507 e. The normalized spacial score (nSPS) is 27.7. The average Bonchev–Trinajstić information content (AvgIpc) is 3.26. The van der Waals surface area contributed by atoms with Gasteiger partial charge in [-0.15, -0.1) is 0 Å². The van der Waals surface area contributed by atoms with Gasteiger partial charge in [-0.2, -0.15) is 0 Å². The van der Waals surface area contributed by atoms with Crippen molar-refractivity contribution in [3.8, 4) is 17.2 Å². The number of esters is 1. The van der Waals surface area contributed by atoms with Crippen LogP contribution in [0.25, 0.3) is 6.08 Å². The molecule has 2 aromatic rings. The first-order valence-corrected chi connectivity index (χ1v) is 14.9. The maximum Gasteiger partial charge on any atom is 0.330 e. The van der Waals surface area contributed by atoms with Crippen LogP contribution in [-0.4, -0.2) is 52.2 Å². The highest BCUT2D eigenvalue weighted by Crippen LogP contribution is 2.65. The van der Waals surface area contributed by atoms with E-state index in [0.29, 0.717) is 5.56 Å². The lowest BCUT2D eigenvalue weighted by Crippen LogP contribution is -2.74. The molecule has 8 heteroatoms. The second kappa shape index (κ2) is 10.9. The second-order valence-corrected chi connectivity index (χ2v) is 12.5. The first-order valence-electron chi connectivity index (χ1n) is 14.9. The van der Waals surface area contributed by atoms with Gasteiger partial charge in [0, 0.05) is 47.5 Å². The SMILES string of the molecule is CC(C)=CCc1c(O)cc(O)c2c1O[C@@]13C(=C[C@H]4C(=O)[C@]1(CC=C(C)C)OC[C@@H]3[C@H]4COC(=O)/C=C/c1ccccc1)C2=O. The topological polar surface area (TPSA) is 119 Å². The van der Waals surface area contributed by atoms with E-state index < -0.39 is 46.5 Å². The zero-order chi connectivity index (χ0) is 31.4. The van der Waals surface area contributed by atoms with Crippen molar-refractivity contribution in [2.45, 2.75) is 51.7 Å². The number of benzene rings is 2. The fourth-order valence-corrected chi connectivity index (χ4v) is 7.16. The first kappa shape index (κ1) is 29.6. The number of carbonyl (C=O) groups excluding carboxylic acids is 3. The molecule has 1 saturated heterocycles. The summed E-state index contributed by atoms with van der Waals surface area (Å²) in [7, 11) is 0. The van der Waals surface area contributed by atoms with Crippen molar-refractivity contribution < 1.29 is 38.8 Å². The van der Waals surface area contributed by atoms with Gasteiger partial charge in [0.2, 0.25) is 0 Å². The Labute approximate surface area is 256 Å². The van der Waals surface area contributed by atoms with Crippen molar-refractivity contribution in [3.63, 3.8) is 0 Å². The van der Waals surface area contributed by atoms with E-state index in [1.54, 1.807) is 12.2 Å². The van der Waals surface area contributed by atoms with Gasteiger partial charge in [-0.1, -0.05) is 59.7 Å². The summed E-state index contributed by atoms with van der Waals surface area (Å²) in [4.78, 5) is 41.4. The summed E-state index contributed by atoms with van der Waals surface area (Å²) in [5, 5.41) is 21.8. The molecular formula is C36H36O8. The molecule has 3 aliphatic carbocycles. The number of Topliss-reactive ketones (excluding diaryl/α,β-unsaturated/α-hetero) is 2. The Kier molecular flexibility index (Phi) is 7.36. The Morgan fingerprint density at radius 1 is 1.05 bits per heavy atom. The third-order valence-corrected chi connectivity index (χ3v) is 9.27. The van der Waals surface area contributed by atoms with Crippen LogP contribution >= 0.6 is 0 Å². The van der Waals surface area contributed by atoms with E-state index in [9.17, 15) is 24.6 Å². The average molecular weight is 597 g/mol. The third-order valence-electron chi connectivity index (χ3n) is 9.27. The highest BCUT2D eigenvalue weighted by Gasteiger charge is 2.79. The molecule has 4 bridgehead atoms. The van der Waals surface area contributed by atoms with Gasteiger partial charge in [-0.25, -0.2) is 4.79 Å². The van der Waals surface area contributed by atoms with E-state index in [0.717, 1.165) is 22.8 Å². The highest BCUT2D eigenvalue weighted by atomic mass is 16.6. The summed E-state index contributed by atoms with van der Waals surface area (Å²) < 4.78 is 19.0. The van der Waals surface area contributed by atoms with Crippen molar-refractivity contribution in [1.29, 1.82) is 0 Å². The van der Waals surface area contributed by atoms with Gasteiger partial charge in [0.25, 0.3) is 0 Å². The zero-order valence-corrected chi connectivity index (χ0v) is 25.3. The minimum absolute atomic E-state index is 0.0392. The van der Waals surface area contributed by atoms with E-state index in [-0.39, 0.29) is 54.5 Å². The number of phenolic OH excluding ortho intramolecular Hbond substituents is 2. The molecule has 0 radical (unpaired) electrons. The smallest absolute Gasteiger partial charge is 0.330 e. The molecule has 5 atom stereocenters. The zero-order valence-electron chi connectivity index (χ0n) is 25.3. The van der Waals surface area contributed by atoms with Crippen LogP contribution < -0.4 is 4.74 Å². The van der Waals surface area contributed by atoms with Crippen LogP contribution in [0.15, 0.2) is 77.4 Å². The van der Waals surface area contributed by atoms with E-state index in [2.05, 4.69) is 0 Å². The molecule has 2 aromatic carbocycles. The molecule has 7 rings (SSSR count). The van der Waals surface area contributed by atoms with E-state index >= 15 is 0 Å². The number of allylic oxidation sites excluding steroid dienone is 4. The number of ketones is 2. The van der Waals surface area contributed by atoms with E-state index in [1.807, 2.05) is 70.2 Å². The number of ether oxygens (including phenoxy) is 3. The van der Waals surface area contributed by atoms with Crippen LogP contribution in [0.5, 0.6) is 17.2 Å². The van der Waals surface area contributed by atoms with Gasteiger partial charge in [0.1, 0.15) is 22.8 Å². The van der Waals surface area contributed by atoms with Crippen LogP contribution in [0, 0.1) is 17.8 Å². The molecule has 0 amide bonds. The Hall–Kier alpha value is -4.43. The molecule has 0 aromatic heterocycles. The lowest BCUT2D eigenvalue weighted by atomic mass is 9.49. The highest BCUT2D eigenvalue weighted by molar-refractivity contribution is 6.18. The number of hydrogen-bond acceptors (Lipinski definition) is 8. The van der Waals surface area contributed by atoms with Gasteiger partial charge in [0.05, 0.1) is 13.2 Å². The van der Waals surface area contributed by atoms with Crippen LogP contribution in [0.1, 0.15) is 55.6 Å². The number of hydrogen-bond donors (Lipinski definition) is 2. The predicted octanol–water partition coefficient (Wildman–Crippen LogP) is 5.67. The molecule has 0 unspecified atom stereocenters. The molecule has 2 N–H and O–H groups in total. The second-order valence-electron chi connectivity index (χ2n) is 12.5. The molecule has 2 fully saturated rings. The number of fused-ring (bicyclic) bond motifs is 1. The summed E-state index contributed by atoms with van der Waals surface area (Å²) in [6.07, 6.45) is 8.86. The molecule has 2 heterocycles. The van der Waals surface area contributed by atoms with Gasteiger partial charge in [0.15, 0.2) is 22.8 Å². The van der Waals surface area contributed by atoms with Crippen molar-refractivity contribution >= 4 is 23.6 Å². The van der Waals surface area contributed by atoms with Crippen molar-refractivity contribution in [1.82, 2.24) is 0 Å². The lowest BCUT2D eigenvalue weighted by molar-refractivity contribution is -0.174. The number of rotatable bonds is 8. The molecule has 1 spiro atoms. The van der Waals surface area contributed by atoms with Crippen LogP contribution in [0.2, 0.25) is 0 Å².